The zero-order valence-electron chi connectivity index (χ0n) is 15.1. The van der Waals surface area contributed by atoms with Gasteiger partial charge in [-0.15, -0.1) is 0 Å². The fourth-order valence-electron chi connectivity index (χ4n) is 3.27. The Bertz CT molecular complexity index is 1180. The Kier molecular flexibility index (Phi) is 4.67. The zero-order valence-corrected chi connectivity index (χ0v) is 15.1. The van der Waals surface area contributed by atoms with Gasteiger partial charge in [-0.1, -0.05) is 0 Å². The van der Waals surface area contributed by atoms with Gasteiger partial charge in [-0.2, -0.15) is 31.3 Å². The first-order valence-corrected chi connectivity index (χ1v) is 8.61. The van der Waals surface area contributed by atoms with E-state index in [2.05, 4.69) is 9.97 Å². The minimum absolute atomic E-state index is 0.00108. The summed E-state index contributed by atoms with van der Waals surface area (Å²) in [4.78, 5) is 30.3. The summed E-state index contributed by atoms with van der Waals surface area (Å²) >= 11 is 0. The van der Waals surface area contributed by atoms with Gasteiger partial charge in [-0.3, -0.25) is 0 Å². The lowest BCUT2D eigenvalue weighted by atomic mass is 9.98. The van der Waals surface area contributed by atoms with Crippen molar-refractivity contribution in [2.24, 2.45) is 0 Å². The summed E-state index contributed by atoms with van der Waals surface area (Å²) in [6.07, 6.45) is -10.6. The van der Waals surface area contributed by atoms with Crippen molar-refractivity contribution in [1.29, 1.82) is 0 Å². The number of aromatic nitrogens is 2. The van der Waals surface area contributed by atoms with E-state index in [0.717, 1.165) is 0 Å². The highest BCUT2D eigenvalue weighted by Crippen LogP contribution is 2.39. The van der Waals surface area contributed by atoms with Gasteiger partial charge < -0.3 is 14.1 Å². The van der Waals surface area contributed by atoms with Crippen LogP contribution in [0.5, 0.6) is 0 Å². The highest BCUT2D eigenvalue weighted by molar-refractivity contribution is 5.99. The van der Waals surface area contributed by atoms with Crippen molar-refractivity contribution < 1.29 is 40.3 Å². The van der Waals surface area contributed by atoms with Crippen LogP contribution in [-0.4, -0.2) is 15.9 Å². The van der Waals surface area contributed by atoms with Crippen LogP contribution in [0.3, 0.4) is 0 Å². The van der Waals surface area contributed by atoms with Crippen molar-refractivity contribution in [3.63, 3.8) is 0 Å². The average molecular weight is 444 g/mol. The van der Waals surface area contributed by atoms with E-state index in [1.165, 1.54) is 18.4 Å². The lowest BCUT2D eigenvalue weighted by molar-refractivity contribution is -0.143. The maximum atomic E-state index is 13.1. The van der Waals surface area contributed by atoms with Crippen molar-refractivity contribution in [3.8, 4) is 11.5 Å². The number of benzene rings is 1. The molecule has 1 atom stereocenters. The number of carbonyl (C=O) groups excluding carboxylic acids is 1. The largest absolute Gasteiger partial charge is 0.463 e. The molecule has 2 aromatic heterocycles. The number of fused-ring (bicyclic) bond motifs is 1. The van der Waals surface area contributed by atoms with Crippen LogP contribution in [0.1, 0.15) is 38.8 Å². The molecule has 1 aliphatic heterocycles. The Balaban J connectivity index is 1.78. The lowest BCUT2D eigenvalue weighted by Crippen LogP contribution is -2.17. The van der Waals surface area contributed by atoms with E-state index in [1.807, 2.05) is 0 Å². The summed E-state index contributed by atoms with van der Waals surface area (Å²) in [5.41, 5.74) is -4.71. The van der Waals surface area contributed by atoms with Crippen LogP contribution in [0.4, 0.5) is 26.3 Å². The van der Waals surface area contributed by atoms with E-state index in [0.29, 0.717) is 12.1 Å². The van der Waals surface area contributed by atoms with E-state index in [9.17, 15) is 35.9 Å². The standard InChI is InChI=1S/C19H10F6N2O4/c20-18(21,22)9-4-8(5-10(7-9)19(23,24)25)6-12-15-13(16(28)31-12)14(26-17(29)27-15)11-2-1-3-30-11/h1-5,7,12H,6H2,(H,26,27,29). The van der Waals surface area contributed by atoms with Crippen LogP contribution in [0, 0.1) is 0 Å². The number of hydrogen-bond acceptors (Lipinski definition) is 5. The minimum Gasteiger partial charge on any atom is -0.463 e. The zero-order chi connectivity index (χ0) is 22.6. The van der Waals surface area contributed by atoms with Crippen LogP contribution in [0.2, 0.25) is 0 Å². The van der Waals surface area contributed by atoms with Crippen LogP contribution in [-0.2, 0) is 23.5 Å². The highest BCUT2D eigenvalue weighted by Gasteiger charge is 2.39. The Morgan fingerprint density at radius 2 is 1.65 bits per heavy atom. The van der Waals surface area contributed by atoms with Gasteiger partial charge in [0.25, 0.3) is 0 Å². The van der Waals surface area contributed by atoms with Crippen molar-refractivity contribution in [3.05, 3.63) is 75.0 Å². The second-order valence-corrected chi connectivity index (χ2v) is 6.67. The predicted octanol–water partition coefficient (Wildman–Crippen LogP) is 4.52. The van der Waals surface area contributed by atoms with Gasteiger partial charge in [0.05, 0.1) is 23.1 Å². The fourth-order valence-corrected chi connectivity index (χ4v) is 3.27. The number of cyclic esters (lactones) is 1. The Morgan fingerprint density at radius 1 is 1.00 bits per heavy atom. The first-order valence-electron chi connectivity index (χ1n) is 8.61. The predicted molar refractivity (Wildman–Crippen MR) is 90.9 cm³/mol. The van der Waals surface area contributed by atoms with Gasteiger partial charge >= 0.3 is 24.0 Å². The van der Waals surface area contributed by atoms with Crippen molar-refractivity contribution in [2.75, 3.05) is 0 Å². The van der Waals surface area contributed by atoms with Crippen LogP contribution < -0.4 is 5.69 Å². The first-order chi connectivity index (χ1) is 14.4. The molecule has 162 valence electrons. The molecule has 0 bridgehead atoms. The molecule has 1 N–H and O–H groups in total. The number of H-pyrrole nitrogens is 1. The van der Waals surface area contributed by atoms with Crippen LogP contribution in [0.15, 0.2) is 45.8 Å². The molecule has 12 heteroatoms. The third kappa shape index (κ3) is 3.92. The molecule has 1 aliphatic rings. The number of rotatable bonds is 3. The van der Waals surface area contributed by atoms with Crippen molar-refractivity contribution in [1.82, 2.24) is 9.97 Å². The topological polar surface area (TPSA) is 85.2 Å². The van der Waals surface area contributed by atoms with E-state index in [-0.39, 0.29) is 34.3 Å². The summed E-state index contributed by atoms with van der Waals surface area (Å²) < 4.78 is 88.8. The smallest absolute Gasteiger partial charge is 0.416 e. The minimum atomic E-state index is -5.02. The molecule has 4 rings (SSSR count). The third-order valence-electron chi connectivity index (χ3n) is 4.56. The molecule has 1 aromatic carbocycles. The quantitative estimate of drug-likeness (QED) is 0.474. The third-order valence-corrected chi connectivity index (χ3v) is 4.56. The molecule has 0 amide bonds. The Morgan fingerprint density at radius 3 is 2.19 bits per heavy atom. The van der Waals surface area contributed by atoms with Crippen molar-refractivity contribution in [2.45, 2.75) is 24.9 Å². The van der Waals surface area contributed by atoms with Gasteiger partial charge in [0.15, 0.2) is 5.76 Å². The van der Waals surface area contributed by atoms with Gasteiger partial charge in [-0.05, 0) is 35.9 Å². The van der Waals surface area contributed by atoms with E-state index < -0.39 is 47.7 Å². The fraction of sp³-hybridized carbons (Fsp3) is 0.211. The van der Waals surface area contributed by atoms with Gasteiger partial charge in [0.2, 0.25) is 0 Å². The molecule has 0 aliphatic carbocycles. The lowest BCUT2D eigenvalue weighted by Gasteiger charge is -2.16. The molecule has 31 heavy (non-hydrogen) atoms. The summed E-state index contributed by atoms with van der Waals surface area (Å²) in [5.74, 6) is -0.878. The van der Waals surface area contributed by atoms with Gasteiger partial charge in [0, 0.05) is 6.42 Å². The summed E-state index contributed by atoms with van der Waals surface area (Å²) in [7, 11) is 0. The summed E-state index contributed by atoms with van der Waals surface area (Å²) in [5, 5.41) is 0. The summed E-state index contributed by atoms with van der Waals surface area (Å²) in [6.45, 7) is 0. The van der Waals surface area contributed by atoms with Crippen molar-refractivity contribution >= 4 is 5.97 Å². The maximum absolute atomic E-state index is 13.1. The molecular weight excluding hydrogens is 434 g/mol. The number of furan rings is 1. The van der Waals surface area contributed by atoms with Gasteiger partial charge in [0.1, 0.15) is 17.4 Å². The Hall–Kier alpha value is -3.57. The number of alkyl halides is 6. The second-order valence-electron chi connectivity index (χ2n) is 6.67. The molecule has 0 saturated carbocycles. The Labute approximate surface area is 168 Å². The summed E-state index contributed by atoms with van der Waals surface area (Å²) in [6, 6.07) is 3.97. The molecule has 0 radical (unpaired) electrons. The maximum Gasteiger partial charge on any atom is 0.416 e. The number of hydrogen-bond donors (Lipinski definition) is 1. The number of esters is 1. The molecule has 0 fully saturated rings. The number of carbonyl (C=O) groups is 1. The number of nitrogens with zero attached hydrogens (tertiary/aromatic N) is 1. The number of nitrogens with one attached hydrogen (secondary N) is 1. The number of halogens is 6. The molecule has 0 saturated heterocycles. The SMILES string of the molecule is O=C1OC(Cc2cc(C(F)(F)F)cc(C(F)(F)F)c2)c2[nH]c(=O)nc(-c3ccco3)c21. The molecule has 3 aromatic rings. The number of ether oxygens (including phenoxy) is 1. The molecule has 1 unspecified atom stereocenters. The normalized spacial score (nSPS) is 16.3. The van der Waals surface area contributed by atoms with E-state index in [1.54, 1.807) is 0 Å². The average Bonchev–Trinajstić information content (AvgIpc) is 3.29. The van der Waals surface area contributed by atoms with E-state index >= 15 is 0 Å². The molecule has 0 spiro atoms. The van der Waals surface area contributed by atoms with Gasteiger partial charge in [-0.25, -0.2) is 9.59 Å². The molecule has 6 nitrogen and oxygen atoms in total. The number of aromatic amines is 1. The highest BCUT2D eigenvalue weighted by atomic mass is 19.4. The monoisotopic (exact) mass is 444 g/mol. The van der Waals surface area contributed by atoms with E-state index in [4.69, 9.17) is 9.15 Å². The molecule has 3 heterocycles. The van der Waals surface area contributed by atoms with Crippen LogP contribution >= 0.6 is 0 Å². The second kappa shape index (κ2) is 7.00. The molecular formula is C19H10F6N2O4. The first kappa shape index (κ1) is 20.7. The van der Waals surface area contributed by atoms with Crippen LogP contribution in [0.25, 0.3) is 11.5 Å².